The molecule has 0 aliphatic carbocycles. The Hall–Kier alpha value is -0.480. The quantitative estimate of drug-likeness (QED) is 0.134. The number of hydrogen-bond acceptors (Lipinski definition) is 12. The molecule has 0 aliphatic rings. The smallest absolute Gasteiger partial charge is 0.0701 e. The number of rotatable bonds is 23. The second kappa shape index (κ2) is 54.4. The van der Waals surface area contributed by atoms with Gasteiger partial charge in [-0.25, -0.2) is 0 Å². The van der Waals surface area contributed by atoms with Gasteiger partial charge in [0.1, 0.15) is 0 Å². The number of nitrogens with two attached hydrogens (primary N) is 1. The van der Waals surface area contributed by atoms with Crippen molar-refractivity contribution in [3.05, 3.63) is 0 Å². The predicted molar refractivity (Wildman–Crippen MR) is 139 cm³/mol. The van der Waals surface area contributed by atoms with Gasteiger partial charge in [-0.2, -0.15) is 0 Å². The standard InChI is InChI=1S/C7H17NO3.C7H16O4.C6H14O4.3CH4/c2*1-9-4-5-11-7-6-10-3-2-8;7-1-3-9-5-6-10-4-2-8;;;/h2-8H2,1H3;8H,2-7H2,1H3;7-8H,1-6H2;3*1H4. The maximum Gasteiger partial charge on any atom is 0.0701 e. The minimum Gasteiger partial charge on any atom is -0.394 e. The van der Waals surface area contributed by atoms with E-state index in [0.717, 1.165) is 0 Å². The summed E-state index contributed by atoms with van der Waals surface area (Å²) in [5.41, 5.74) is 5.21. The molecule has 0 aromatic carbocycles. The minimum atomic E-state index is 0. The van der Waals surface area contributed by atoms with Crippen LogP contribution in [0.5, 0.6) is 0 Å². The van der Waals surface area contributed by atoms with Gasteiger partial charge in [0, 0.05) is 20.8 Å². The third-order valence-corrected chi connectivity index (χ3v) is 2.95. The third kappa shape index (κ3) is 65.7. The molecule has 0 spiro atoms. The van der Waals surface area contributed by atoms with Gasteiger partial charge in [0.15, 0.2) is 0 Å². The van der Waals surface area contributed by atoms with Gasteiger partial charge in [0.25, 0.3) is 0 Å². The zero-order valence-corrected chi connectivity index (χ0v) is 19.9. The second-order valence-electron chi connectivity index (χ2n) is 5.62. The molecule has 0 radical (unpaired) electrons. The summed E-state index contributed by atoms with van der Waals surface area (Å²) in [6.07, 6.45) is 0. The lowest BCUT2D eigenvalue weighted by Crippen LogP contribution is -2.13. The van der Waals surface area contributed by atoms with Crippen LogP contribution in [0.3, 0.4) is 0 Å². The lowest BCUT2D eigenvalue weighted by Gasteiger charge is -2.03. The lowest BCUT2D eigenvalue weighted by molar-refractivity contribution is 0.0159. The van der Waals surface area contributed by atoms with E-state index in [-0.39, 0.29) is 42.1 Å². The van der Waals surface area contributed by atoms with E-state index in [1.54, 1.807) is 14.2 Å². The molecule has 0 rings (SSSR count). The molecule has 12 nitrogen and oxygen atoms in total. The van der Waals surface area contributed by atoms with E-state index in [2.05, 4.69) is 0 Å². The summed E-state index contributed by atoms with van der Waals surface area (Å²) < 4.78 is 39.5. The predicted octanol–water partition coefficient (Wildman–Crippen LogP) is 0.196. The molecule has 0 unspecified atom stereocenters. The maximum atomic E-state index is 8.32. The van der Waals surface area contributed by atoms with Gasteiger partial charge < -0.3 is 58.9 Å². The number of hydrogen-bond donors (Lipinski definition) is 4. The SMILES string of the molecule is C.C.C.COCCOCCOCCN.COCCOCCOCCO.OCCOCCOCCO. The van der Waals surface area contributed by atoms with E-state index in [4.69, 9.17) is 58.9 Å². The van der Waals surface area contributed by atoms with E-state index in [1.165, 1.54) is 0 Å². The Balaban J connectivity index is -0.0000000865. The van der Waals surface area contributed by atoms with E-state index in [1.807, 2.05) is 0 Å². The lowest BCUT2D eigenvalue weighted by atomic mass is 10.7. The highest BCUT2D eigenvalue weighted by Gasteiger charge is 1.89. The van der Waals surface area contributed by atoms with Crippen LogP contribution in [-0.2, 0) is 37.9 Å². The summed E-state index contributed by atoms with van der Waals surface area (Å²) in [4.78, 5) is 0. The van der Waals surface area contributed by atoms with Crippen LogP contribution in [0.1, 0.15) is 22.3 Å². The van der Waals surface area contributed by atoms with Crippen molar-refractivity contribution in [1.29, 1.82) is 0 Å². The van der Waals surface area contributed by atoms with Crippen LogP contribution >= 0.6 is 0 Å². The van der Waals surface area contributed by atoms with Crippen LogP contribution in [0.4, 0.5) is 0 Å². The van der Waals surface area contributed by atoms with E-state index in [9.17, 15) is 0 Å². The highest BCUT2D eigenvalue weighted by atomic mass is 16.5. The Kier molecular flexibility index (Phi) is 74.2. The van der Waals surface area contributed by atoms with Crippen LogP contribution in [0.15, 0.2) is 0 Å². The fraction of sp³-hybridized carbons (Fsp3) is 1.00. The van der Waals surface area contributed by atoms with Crippen molar-refractivity contribution < 1.29 is 53.2 Å². The van der Waals surface area contributed by atoms with Crippen LogP contribution in [0, 0.1) is 0 Å². The number of aliphatic hydroxyl groups excluding tert-OH is 3. The Morgan fingerprint density at radius 1 is 0.400 bits per heavy atom. The average molecular weight is 526 g/mol. The van der Waals surface area contributed by atoms with Gasteiger partial charge in [-0.1, -0.05) is 22.3 Å². The molecular weight excluding hydrogens is 466 g/mol. The van der Waals surface area contributed by atoms with Crippen molar-refractivity contribution in [2.75, 3.05) is 133 Å². The van der Waals surface area contributed by atoms with Crippen LogP contribution in [0.2, 0.25) is 0 Å². The summed E-state index contributed by atoms with van der Waals surface area (Å²) in [5, 5.41) is 24.8. The Morgan fingerprint density at radius 2 is 0.629 bits per heavy atom. The Morgan fingerprint density at radius 3 is 0.857 bits per heavy atom. The Labute approximate surface area is 214 Å². The summed E-state index contributed by atoms with van der Waals surface area (Å²) in [6, 6.07) is 0. The first-order chi connectivity index (χ1) is 15.7. The van der Waals surface area contributed by atoms with E-state index in [0.29, 0.717) is 99.0 Å². The molecule has 0 aromatic heterocycles. The summed E-state index contributed by atoms with van der Waals surface area (Å²) in [6.45, 7) is 8.14. The van der Waals surface area contributed by atoms with Gasteiger partial charge in [0.05, 0.1) is 112 Å². The number of aliphatic hydroxyl groups is 3. The topological polar surface area (TPSA) is 161 Å². The monoisotopic (exact) mass is 525 g/mol. The Bertz CT molecular complexity index is 240. The van der Waals surface area contributed by atoms with E-state index < -0.39 is 0 Å². The van der Waals surface area contributed by atoms with Gasteiger partial charge >= 0.3 is 0 Å². The first kappa shape index (κ1) is 47.7. The summed E-state index contributed by atoms with van der Waals surface area (Å²) in [5.74, 6) is 0. The molecule has 222 valence electrons. The van der Waals surface area contributed by atoms with Crippen molar-refractivity contribution >= 4 is 0 Å². The zero-order chi connectivity index (χ0) is 24.4. The molecular formula is C23H59NO11. The van der Waals surface area contributed by atoms with Gasteiger partial charge in [-0.3, -0.25) is 0 Å². The van der Waals surface area contributed by atoms with Gasteiger partial charge in [-0.05, 0) is 0 Å². The van der Waals surface area contributed by atoms with Gasteiger partial charge in [0.2, 0.25) is 0 Å². The minimum absolute atomic E-state index is 0. The fourth-order valence-corrected chi connectivity index (χ4v) is 1.53. The molecule has 12 heteroatoms. The summed E-state index contributed by atoms with van der Waals surface area (Å²) in [7, 11) is 3.28. The molecule has 0 amide bonds. The molecule has 0 saturated carbocycles. The molecule has 0 atom stereocenters. The molecule has 35 heavy (non-hydrogen) atoms. The molecule has 0 aromatic rings. The number of methoxy groups -OCH3 is 2. The summed E-state index contributed by atoms with van der Waals surface area (Å²) >= 11 is 0. The van der Waals surface area contributed by atoms with Crippen molar-refractivity contribution in [3.8, 4) is 0 Å². The molecule has 0 heterocycles. The van der Waals surface area contributed by atoms with Crippen LogP contribution < -0.4 is 5.73 Å². The first-order valence-electron chi connectivity index (χ1n) is 10.7. The van der Waals surface area contributed by atoms with E-state index >= 15 is 0 Å². The fourth-order valence-electron chi connectivity index (χ4n) is 1.53. The average Bonchev–Trinajstić information content (AvgIpc) is 2.81. The third-order valence-electron chi connectivity index (χ3n) is 2.95. The van der Waals surface area contributed by atoms with Crippen LogP contribution in [-0.4, -0.2) is 148 Å². The van der Waals surface area contributed by atoms with Crippen LogP contribution in [0.25, 0.3) is 0 Å². The molecule has 0 saturated heterocycles. The first-order valence-corrected chi connectivity index (χ1v) is 10.7. The van der Waals surface area contributed by atoms with Gasteiger partial charge in [-0.15, -0.1) is 0 Å². The zero-order valence-electron chi connectivity index (χ0n) is 19.9. The highest BCUT2D eigenvalue weighted by molar-refractivity contribution is 4.33. The van der Waals surface area contributed by atoms with Crippen molar-refractivity contribution in [3.63, 3.8) is 0 Å². The van der Waals surface area contributed by atoms with Crippen molar-refractivity contribution in [2.45, 2.75) is 22.3 Å². The van der Waals surface area contributed by atoms with Crippen molar-refractivity contribution in [1.82, 2.24) is 0 Å². The number of ether oxygens (including phenoxy) is 8. The molecule has 0 aliphatic heterocycles. The normalized spacial score (nSPS) is 9.43. The molecule has 5 N–H and O–H groups in total. The highest BCUT2D eigenvalue weighted by Crippen LogP contribution is 1.79. The molecule has 0 fully saturated rings. The molecule has 0 bridgehead atoms. The van der Waals surface area contributed by atoms with Crippen molar-refractivity contribution in [2.24, 2.45) is 5.73 Å². The maximum absolute atomic E-state index is 8.32. The second-order valence-corrected chi connectivity index (χ2v) is 5.62. The largest absolute Gasteiger partial charge is 0.394 e.